The maximum Gasteiger partial charge on any atom is 0.416 e. The van der Waals surface area contributed by atoms with Gasteiger partial charge in [0.1, 0.15) is 24.0 Å². The van der Waals surface area contributed by atoms with Crippen molar-refractivity contribution in [1.82, 2.24) is 4.90 Å². The van der Waals surface area contributed by atoms with E-state index in [2.05, 4.69) is 4.90 Å². The quantitative estimate of drug-likeness (QED) is 0.386. The van der Waals surface area contributed by atoms with E-state index in [0.717, 1.165) is 37.4 Å². The summed E-state index contributed by atoms with van der Waals surface area (Å²) in [6.07, 6.45) is -4.54. The first-order valence-electron chi connectivity index (χ1n) is 11.7. The molecule has 5 rings (SSSR count). The average molecular weight is 515 g/mol. The number of halogens is 5. The molecule has 37 heavy (non-hydrogen) atoms. The number of hydrogen-bond acceptors (Lipinski definition) is 4. The average Bonchev–Trinajstić information content (AvgIpc) is 3.15. The molecule has 0 spiro atoms. The number of alkyl halides is 3. The summed E-state index contributed by atoms with van der Waals surface area (Å²) in [7, 11) is 0. The molecule has 0 atom stereocenters. The van der Waals surface area contributed by atoms with Crippen LogP contribution in [0.5, 0.6) is 5.75 Å². The molecule has 0 aromatic heterocycles. The molecule has 0 bridgehead atoms. The Morgan fingerprint density at radius 1 is 0.811 bits per heavy atom. The highest BCUT2D eigenvalue weighted by Crippen LogP contribution is 2.44. The third-order valence-corrected chi connectivity index (χ3v) is 6.41. The van der Waals surface area contributed by atoms with Crippen LogP contribution in [0.2, 0.25) is 0 Å². The second kappa shape index (κ2) is 10.1. The van der Waals surface area contributed by atoms with Crippen LogP contribution >= 0.6 is 0 Å². The number of allylic oxidation sites excluding steroid dienone is 1. The Bertz CT molecular complexity index is 1340. The summed E-state index contributed by atoms with van der Waals surface area (Å²) >= 11 is 0. The van der Waals surface area contributed by atoms with Gasteiger partial charge in [-0.3, -0.25) is 9.69 Å². The van der Waals surface area contributed by atoms with Gasteiger partial charge >= 0.3 is 6.18 Å². The largest absolute Gasteiger partial charge is 0.492 e. The molecular formula is C28H22F5NO3. The van der Waals surface area contributed by atoms with Crippen LogP contribution in [0.25, 0.3) is 11.1 Å². The summed E-state index contributed by atoms with van der Waals surface area (Å²) < 4.78 is 78.7. The van der Waals surface area contributed by atoms with Gasteiger partial charge < -0.3 is 9.47 Å². The van der Waals surface area contributed by atoms with Crippen LogP contribution in [0, 0.1) is 11.6 Å². The molecule has 0 saturated carbocycles. The zero-order chi connectivity index (χ0) is 26.2. The zero-order valence-corrected chi connectivity index (χ0v) is 19.6. The predicted molar refractivity (Wildman–Crippen MR) is 127 cm³/mol. The van der Waals surface area contributed by atoms with Gasteiger partial charge in [-0.25, -0.2) is 8.78 Å². The summed E-state index contributed by atoms with van der Waals surface area (Å²) in [5.41, 5.74) is 0.444. The van der Waals surface area contributed by atoms with Gasteiger partial charge in [0.25, 0.3) is 0 Å². The van der Waals surface area contributed by atoms with Crippen molar-refractivity contribution in [3.63, 3.8) is 0 Å². The molecule has 192 valence electrons. The molecule has 0 N–H and O–H groups in total. The Morgan fingerprint density at radius 3 is 2.14 bits per heavy atom. The van der Waals surface area contributed by atoms with E-state index >= 15 is 0 Å². The van der Waals surface area contributed by atoms with Crippen LogP contribution < -0.4 is 4.74 Å². The van der Waals surface area contributed by atoms with Gasteiger partial charge in [-0.05, 0) is 59.2 Å². The molecule has 2 aliphatic rings. The van der Waals surface area contributed by atoms with Crippen molar-refractivity contribution in [1.29, 1.82) is 0 Å². The van der Waals surface area contributed by atoms with E-state index in [4.69, 9.17) is 9.47 Å². The minimum Gasteiger partial charge on any atom is -0.492 e. The predicted octanol–water partition coefficient (Wildman–Crippen LogP) is 5.85. The van der Waals surface area contributed by atoms with Crippen molar-refractivity contribution in [2.45, 2.75) is 6.18 Å². The van der Waals surface area contributed by atoms with Crippen molar-refractivity contribution in [2.75, 3.05) is 39.5 Å². The van der Waals surface area contributed by atoms with Gasteiger partial charge in [0.05, 0.1) is 18.8 Å². The number of benzene rings is 3. The standard InChI is InChI=1S/C28H22F5NO3/c29-20-13-18(14-21(30)15-20)25-23-6-5-22(37-12-9-34-7-10-36-11-8-34)16-24(23)27(35)26(25)17-1-3-19(4-2-17)28(31,32)33/h1-6,13-16H,7-12H2. The molecule has 1 heterocycles. The maximum atomic E-state index is 14.1. The third-order valence-electron chi connectivity index (χ3n) is 6.41. The summed E-state index contributed by atoms with van der Waals surface area (Å²) in [6.45, 7) is 4.00. The molecular weight excluding hydrogens is 493 g/mol. The van der Waals surface area contributed by atoms with E-state index < -0.39 is 29.2 Å². The third kappa shape index (κ3) is 5.28. The topological polar surface area (TPSA) is 38.8 Å². The van der Waals surface area contributed by atoms with E-state index in [1.807, 2.05) is 0 Å². The molecule has 0 radical (unpaired) electrons. The number of nitrogens with zero attached hydrogens (tertiary/aromatic N) is 1. The fourth-order valence-electron chi connectivity index (χ4n) is 4.62. The second-order valence-corrected chi connectivity index (χ2v) is 8.82. The Morgan fingerprint density at radius 2 is 1.49 bits per heavy atom. The molecule has 1 fully saturated rings. The lowest BCUT2D eigenvalue weighted by molar-refractivity contribution is -0.137. The maximum absolute atomic E-state index is 14.1. The van der Waals surface area contributed by atoms with Crippen LogP contribution in [0.4, 0.5) is 22.0 Å². The molecule has 3 aromatic rings. The van der Waals surface area contributed by atoms with Crippen molar-refractivity contribution in [3.8, 4) is 5.75 Å². The van der Waals surface area contributed by atoms with Crippen molar-refractivity contribution in [3.05, 3.63) is 100 Å². The molecule has 1 saturated heterocycles. The van der Waals surface area contributed by atoms with Gasteiger partial charge in [-0.15, -0.1) is 0 Å². The highest BCUT2D eigenvalue weighted by atomic mass is 19.4. The normalized spacial score (nSPS) is 16.3. The van der Waals surface area contributed by atoms with Gasteiger partial charge in [0.2, 0.25) is 0 Å². The number of morpholine rings is 1. The van der Waals surface area contributed by atoms with E-state index in [1.165, 1.54) is 12.1 Å². The molecule has 1 aliphatic carbocycles. The van der Waals surface area contributed by atoms with E-state index in [-0.39, 0.29) is 27.8 Å². The van der Waals surface area contributed by atoms with E-state index in [0.29, 0.717) is 43.7 Å². The fourth-order valence-corrected chi connectivity index (χ4v) is 4.62. The SMILES string of the molecule is O=C1C(c2ccc(C(F)(F)F)cc2)=C(c2cc(F)cc(F)c2)c2ccc(OCCN3CCOCC3)cc21. The molecule has 9 heteroatoms. The number of ketones is 1. The summed E-state index contributed by atoms with van der Waals surface area (Å²) in [6, 6.07) is 11.9. The fraction of sp³-hybridized carbons (Fsp3) is 0.250. The summed E-state index contributed by atoms with van der Waals surface area (Å²) in [5.74, 6) is -1.69. The molecule has 4 nitrogen and oxygen atoms in total. The number of Topliss-reactive ketones (excluding diaryl/α,β-unsaturated/α-hetero) is 1. The number of fused-ring (bicyclic) bond motifs is 1. The van der Waals surface area contributed by atoms with Gasteiger partial charge in [0.15, 0.2) is 5.78 Å². The Kier molecular flexibility index (Phi) is 6.83. The van der Waals surface area contributed by atoms with Gasteiger partial charge in [-0.1, -0.05) is 12.1 Å². The van der Waals surface area contributed by atoms with Crippen LogP contribution in [0.15, 0.2) is 60.7 Å². The van der Waals surface area contributed by atoms with Crippen LogP contribution in [0.1, 0.15) is 32.6 Å². The Balaban J connectivity index is 1.50. The van der Waals surface area contributed by atoms with E-state index in [9.17, 15) is 26.7 Å². The highest BCUT2D eigenvalue weighted by molar-refractivity contribution is 6.41. The number of carbonyl (C=O) groups excluding carboxylic acids is 1. The molecule has 1 aliphatic heterocycles. The minimum absolute atomic E-state index is 0.0687. The summed E-state index contributed by atoms with van der Waals surface area (Å²) in [5, 5.41) is 0. The zero-order valence-electron chi connectivity index (χ0n) is 19.6. The second-order valence-electron chi connectivity index (χ2n) is 8.82. The van der Waals surface area contributed by atoms with Gasteiger partial charge in [0, 0.05) is 42.4 Å². The monoisotopic (exact) mass is 515 g/mol. The van der Waals surface area contributed by atoms with Crippen LogP contribution in [0.3, 0.4) is 0 Å². The Labute approximate surface area is 209 Å². The molecule has 3 aromatic carbocycles. The van der Waals surface area contributed by atoms with E-state index in [1.54, 1.807) is 18.2 Å². The Hall–Kier alpha value is -3.56. The number of hydrogen-bond donors (Lipinski definition) is 0. The minimum atomic E-state index is -4.54. The first-order valence-corrected chi connectivity index (χ1v) is 11.7. The highest BCUT2D eigenvalue weighted by Gasteiger charge is 2.34. The first-order chi connectivity index (χ1) is 17.7. The lowest BCUT2D eigenvalue weighted by Crippen LogP contribution is -2.38. The lowest BCUT2D eigenvalue weighted by Gasteiger charge is -2.26. The van der Waals surface area contributed by atoms with Crippen molar-refractivity contribution in [2.24, 2.45) is 0 Å². The van der Waals surface area contributed by atoms with Crippen molar-refractivity contribution >= 4 is 16.9 Å². The molecule has 0 amide bonds. The number of rotatable bonds is 6. The van der Waals surface area contributed by atoms with Crippen molar-refractivity contribution < 1.29 is 36.2 Å². The van der Waals surface area contributed by atoms with Crippen LogP contribution in [-0.4, -0.2) is 50.1 Å². The number of ether oxygens (including phenoxy) is 2. The lowest BCUT2D eigenvalue weighted by atomic mass is 9.93. The summed E-state index contributed by atoms with van der Waals surface area (Å²) in [4.78, 5) is 15.8. The first kappa shape index (κ1) is 25.1. The van der Waals surface area contributed by atoms with Crippen LogP contribution in [-0.2, 0) is 10.9 Å². The number of carbonyl (C=O) groups is 1. The smallest absolute Gasteiger partial charge is 0.416 e. The molecule has 0 unspecified atom stereocenters. The van der Waals surface area contributed by atoms with Gasteiger partial charge in [-0.2, -0.15) is 13.2 Å².